The SMILES string of the molecule is CCCNC(=O)CN(C)C(=O)c1cccc2c1NCCN2. The van der Waals surface area contributed by atoms with E-state index in [1.54, 1.807) is 13.1 Å². The second-order valence-corrected chi connectivity index (χ2v) is 5.09. The first-order valence-electron chi connectivity index (χ1n) is 7.26. The highest BCUT2D eigenvalue weighted by atomic mass is 16.2. The summed E-state index contributed by atoms with van der Waals surface area (Å²) in [5.41, 5.74) is 2.33. The monoisotopic (exact) mass is 290 g/mol. The number of nitrogens with zero attached hydrogens (tertiary/aromatic N) is 1. The Morgan fingerprint density at radius 3 is 2.81 bits per heavy atom. The minimum absolute atomic E-state index is 0.0654. The molecule has 6 heteroatoms. The van der Waals surface area contributed by atoms with E-state index in [-0.39, 0.29) is 18.4 Å². The Morgan fingerprint density at radius 1 is 1.29 bits per heavy atom. The fourth-order valence-electron chi connectivity index (χ4n) is 2.27. The van der Waals surface area contributed by atoms with Crippen LogP contribution in [-0.2, 0) is 4.79 Å². The Balaban J connectivity index is 2.07. The number of hydrogen-bond acceptors (Lipinski definition) is 4. The topological polar surface area (TPSA) is 73.5 Å². The maximum absolute atomic E-state index is 12.5. The van der Waals surface area contributed by atoms with Gasteiger partial charge in [-0.2, -0.15) is 0 Å². The number of hydrogen-bond donors (Lipinski definition) is 3. The summed E-state index contributed by atoms with van der Waals surface area (Å²) in [5.74, 6) is -0.293. The number of fused-ring (bicyclic) bond motifs is 1. The number of carbonyl (C=O) groups excluding carboxylic acids is 2. The Labute approximate surface area is 124 Å². The summed E-state index contributed by atoms with van der Waals surface area (Å²) >= 11 is 0. The minimum atomic E-state index is -0.158. The first-order valence-corrected chi connectivity index (χ1v) is 7.26. The predicted molar refractivity (Wildman–Crippen MR) is 83.7 cm³/mol. The quantitative estimate of drug-likeness (QED) is 0.760. The summed E-state index contributed by atoms with van der Waals surface area (Å²) in [6.07, 6.45) is 0.880. The molecule has 0 fully saturated rings. The summed E-state index contributed by atoms with van der Waals surface area (Å²) in [6, 6.07) is 5.56. The second kappa shape index (κ2) is 6.97. The van der Waals surface area contributed by atoms with Gasteiger partial charge in [0.15, 0.2) is 0 Å². The van der Waals surface area contributed by atoms with Crippen LogP contribution >= 0.6 is 0 Å². The average Bonchev–Trinajstić information content (AvgIpc) is 2.51. The molecule has 6 nitrogen and oxygen atoms in total. The summed E-state index contributed by atoms with van der Waals surface area (Å²) < 4.78 is 0. The molecule has 3 N–H and O–H groups in total. The number of amides is 2. The lowest BCUT2D eigenvalue weighted by atomic mass is 10.1. The van der Waals surface area contributed by atoms with Crippen molar-refractivity contribution in [2.75, 3.05) is 43.9 Å². The lowest BCUT2D eigenvalue weighted by molar-refractivity contribution is -0.121. The fraction of sp³-hybridized carbons (Fsp3) is 0.467. The molecule has 0 unspecified atom stereocenters. The molecule has 0 aromatic heterocycles. The zero-order valence-electron chi connectivity index (χ0n) is 12.5. The van der Waals surface area contributed by atoms with E-state index in [9.17, 15) is 9.59 Å². The lowest BCUT2D eigenvalue weighted by Crippen LogP contribution is -2.39. The molecule has 0 bridgehead atoms. The van der Waals surface area contributed by atoms with Gasteiger partial charge in [-0.05, 0) is 18.6 Å². The Hall–Kier alpha value is -2.24. The van der Waals surface area contributed by atoms with Crippen molar-refractivity contribution >= 4 is 23.2 Å². The molecule has 1 aliphatic heterocycles. The number of rotatable bonds is 5. The number of para-hydroxylation sites is 1. The van der Waals surface area contributed by atoms with E-state index < -0.39 is 0 Å². The highest BCUT2D eigenvalue weighted by molar-refractivity contribution is 6.03. The molecule has 0 radical (unpaired) electrons. The number of anilines is 2. The van der Waals surface area contributed by atoms with E-state index in [1.807, 2.05) is 19.1 Å². The van der Waals surface area contributed by atoms with Gasteiger partial charge in [-0.25, -0.2) is 0 Å². The van der Waals surface area contributed by atoms with Gasteiger partial charge in [-0.15, -0.1) is 0 Å². The normalized spacial score (nSPS) is 12.7. The summed E-state index contributed by atoms with van der Waals surface area (Å²) in [5, 5.41) is 9.27. The molecular weight excluding hydrogens is 268 g/mol. The van der Waals surface area contributed by atoms with Crippen LogP contribution in [0.4, 0.5) is 11.4 Å². The van der Waals surface area contributed by atoms with Gasteiger partial charge in [0.25, 0.3) is 5.91 Å². The number of likely N-dealkylation sites (N-methyl/N-ethyl adjacent to an activating group) is 1. The van der Waals surface area contributed by atoms with E-state index in [2.05, 4.69) is 16.0 Å². The van der Waals surface area contributed by atoms with Gasteiger partial charge in [0.1, 0.15) is 0 Å². The van der Waals surface area contributed by atoms with Gasteiger partial charge in [-0.3, -0.25) is 9.59 Å². The summed E-state index contributed by atoms with van der Waals surface area (Å²) in [6.45, 7) is 4.30. The molecule has 2 rings (SSSR count). The van der Waals surface area contributed by atoms with Crippen molar-refractivity contribution in [1.82, 2.24) is 10.2 Å². The Morgan fingerprint density at radius 2 is 2.05 bits per heavy atom. The van der Waals surface area contributed by atoms with Gasteiger partial charge in [-0.1, -0.05) is 13.0 Å². The van der Waals surface area contributed by atoms with E-state index >= 15 is 0 Å². The third kappa shape index (κ3) is 3.65. The molecule has 1 aromatic rings. The van der Waals surface area contributed by atoms with Crippen LogP contribution in [0.5, 0.6) is 0 Å². The highest BCUT2D eigenvalue weighted by Crippen LogP contribution is 2.28. The van der Waals surface area contributed by atoms with E-state index in [4.69, 9.17) is 0 Å². The van der Waals surface area contributed by atoms with Gasteiger partial charge in [0.2, 0.25) is 5.91 Å². The Bertz CT molecular complexity index is 530. The van der Waals surface area contributed by atoms with Crippen molar-refractivity contribution in [2.24, 2.45) is 0 Å². The van der Waals surface area contributed by atoms with Crippen LogP contribution < -0.4 is 16.0 Å². The molecule has 114 valence electrons. The largest absolute Gasteiger partial charge is 0.382 e. The highest BCUT2D eigenvalue weighted by Gasteiger charge is 2.21. The molecule has 0 saturated heterocycles. The maximum atomic E-state index is 12.5. The number of nitrogens with one attached hydrogen (secondary N) is 3. The van der Waals surface area contributed by atoms with Crippen molar-refractivity contribution in [3.63, 3.8) is 0 Å². The lowest BCUT2D eigenvalue weighted by Gasteiger charge is -2.24. The van der Waals surface area contributed by atoms with E-state index in [0.29, 0.717) is 12.1 Å². The third-order valence-electron chi connectivity index (χ3n) is 3.34. The first-order chi connectivity index (χ1) is 10.1. The zero-order chi connectivity index (χ0) is 15.2. The molecule has 0 saturated carbocycles. The van der Waals surface area contributed by atoms with Crippen LogP contribution in [0.25, 0.3) is 0 Å². The van der Waals surface area contributed by atoms with Crippen LogP contribution in [0.1, 0.15) is 23.7 Å². The molecule has 0 spiro atoms. The van der Waals surface area contributed by atoms with Crippen molar-refractivity contribution < 1.29 is 9.59 Å². The first kappa shape index (κ1) is 15.2. The van der Waals surface area contributed by atoms with Crippen LogP contribution in [0, 0.1) is 0 Å². The molecule has 1 heterocycles. The molecule has 1 aromatic carbocycles. The zero-order valence-corrected chi connectivity index (χ0v) is 12.5. The van der Waals surface area contributed by atoms with Crippen molar-refractivity contribution in [3.05, 3.63) is 23.8 Å². The van der Waals surface area contributed by atoms with E-state index in [1.165, 1.54) is 4.90 Å². The number of carbonyl (C=O) groups is 2. The maximum Gasteiger partial charge on any atom is 0.256 e. The summed E-state index contributed by atoms with van der Waals surface area (Å²) in [4.78, 5) is 25.6. The molecule has 2 amide bonds. The van der Waals surface area contributed by atoms with Gasteiger partial charge in [0, 0.05) is 26.7 Å². The fourth-order valence-corrected chi connectivity index (χ4v) is 2.27. The smallest absolute Gasteiger partial charge is 0.256 e. The predicted octanol–water partition coefficient (Wildman–Crippen LogP) is 1.12. The molecular formula is C15H22N4O2. The molecule has 1 aliphatic rings. The standard InChI is InChI=1S/C15H22N4O2/c1-3-7-17-13(20)10-19(2)15(21)11-5-4-6-12-14(11)18-9-8-16-12/h4-6,16,18H,3,7-10H2,1-2H3,(H,17,20). The van der Waals surface area contributed by atoms with Crippen LogP contribution in [0.3, 0.4) is 0 Å². The van der Waals surface area contributed by atoms with Crippen molar-refractivity contribution in [3.8, 4) is 0 Å². The van der Waals surface area contributed by atoms with Crippen molar-refractivity contribution in [2.45, 2.75) is 13.3 Å². The van der Waals surface area contributed by atoms with Gasteiger partial charge in [0.05, 0.1) is 23.5 Å². The average molecular weight is 290 g/mol. The van der Waals surface area contributed by atoms with E-state index in [0.717, 1.165) is 30.9 Å². The van der Waals surface area contributed by atoms with Crippen LogP contribution in [0.15, 0.2) is 18.2 Å². The summed E-state index contributed by atoms with van der Waals surface area (Å²) in [7, 11) is 1.64. The number of benzene rings is 1. The Kier molecular flexibility index (Phi) is 5.03. The van der Waals surface area contributed by atoms with Gasteiger partial charge >= 0.3 is 0 Å². The van der Waals surface area contributed by atoms with Crippen molar-refractivity contribution in [1.29, 1.82) is 0 Å². The van der Waals surface area contributed by atoms with Gasteiger partial charge < -0.3 is 20.9 Å². The molecule has 0 atom stereocenters. The molecule has 0 aliphatic carbocycles. The second-order valence-electron chi connectivity index (χ2n) is 5.09. The minimum Gasteiger partial charge on any atom is -0.382 e. The van der Waals surface area contributed by atoms with Crippen LogP contribution in [-0.4, -0.2) is 49.9 Å². The van der Waals surface area contributed by atoms with Crippen LogP contribution in [0.2, 0.25) is 0 Å². The molecule has 21 heavy (non-hydrogen) atoms. The third-order valence-corrected chi connectivity index (χ3v) is 3.34.